The number of amides is 1. The quantitative estimate of drug-likeness (QED) is 0.590. The van der Waals surface area contributed by atoms with E-state index in [1.54, 1.807) is 20.8 Å². The van der Waals surface area contributed by atoms with Gasteiger partial charge in [-0.1, -0.05) is 0 Å². The molecule has 2 rings (SSSR count). The van der Waals surface area contributed by atoms with E-state index in [2.05, 4.69) is 0 Å². The Morgan fingerprint density at radius 1 is 1.26 bits per heavy atom. The van der Waals surface area contributed by atoms with Crippen molar-refractivity contribution in [2.45, 2.75) is 50.8 Å². The van der Waals surface area contributed by atoms with Crippen molar-refractivity contribution in [1.29, 1.82) is 0 Å². The first-order valence-corrected chi connectivity index (χ1v) is 10.1. The van der Waals surface area contributed by atoms with Gasteiger partial charge in [0.2, 0.25) is 0 Å². The van der Waals surface area contributed by atoms with Crippen LogP contribution in [0.25, 0.3) is 0 Å². The molecule has 1 fully saturated rings. The van der Waals surface area contributed by atoms with Gasteiger partial charge in [0.25, 0.3) is 0 Å². The topological polar surface area (TPSA) is 72.9 Å². The van der Waals surface area contributed by atoms with Crippen LogP contribution >= 0.6 is 0 Å². The van der Waals surface area contributed by atoms with E-state index in [1.165, 1.54) is 0 Å². The molecular formula is C16H21NO5Se. The second-order valence-corrected chi connectivity index (χ2v) is 9.26. The normalized spacial score (nSPS) is 21.1. The van der Waals surface area contributed by atoms with Crippen LogP contribution in [0.2, 0.25) is 5.32 Å². The molecule has 1 aliphatic heterocycles. The summed E-state index contributed by atoms with van der Waals surface area (Å²) in [6.07, 6.45) is -0.363. The summed E-state index contributed by atoms with van der Waals surface area (Å²) in [7, 11) is 0. The van der Waals surface area contributed by atoms with E-state index in [0.717, 1.165) is 9.48 Å². The minimum absolute atomic E-state index is 0.127. The number of rotatable bonds is 3. The molecule has 6 nitrogen and oxygen atoms in total. The van der Waals surface area contributed by atoms with Crippen molar-refractivity contribution in [3.8, 4) is 0 Å². The molecule has 0 radical (unpaired) electrons. The first kappa shape index (κ1) is 17.6. The van der Waals surface area contributed by atoms with Gasteiger partial charge in [0, 0.05) is 0 Å². The van der Waals surface area contributed by atoms with Crippen molar-refractivity contribution < 1.29 is 22.9 Å². The Labute approximate surface area is 140 Å². The molecule has 7 heteroatoms. The molecule has 0 saturated carbocycles. The Morgan fingerprint density at radius 2 is 1.91 bits per heavy atom. The van der Waals surface area contributed by atoms with E-state index in [0.29, 0.717) is 11.7 Å². The van der Waals surface area contributed by atoms with Crippen molar-refractivity contribution in [1.82, 2.24) is 3.92 Å². The Balaban J connectivity index is 2.00. The number of hydrogen-bond acceptors (Lipinski definition) is 5. The van der Waals surface area contributed by atoms with E-state index in [-0.39, 0.29) is 6.61 Å². The zero-order valence-corrected chi connectivity index (χ0v) is 15.2. The molecule has 0 spiro atoms. The molecule has 1 unspecified atom stereocenters. The Hall–Kier alpha value is -1.72. The van der Waals surface area contributed by atoms with Gasteiger partial charge in [0.1, 0.15) is 0 Å². The van der Waals surface area contributed by atoms with Crippen LogP contribution in [0, 0.1) is 0 Å². The van der Waals surface area contributed by atoms with E-state index in [1.807, 2.05) is 30.3 Å². The van der Waals surface area contributed by atoms with E-state index in [4.69, 9.17) is 9.47 Å². The second-order valence-electron chi connectivity index (χ2n) is 6.23. The molecular weight excluding hydrogens is 365 g/mol. The van der Waals surface area contributed by atoms with Crippen LogP contribution in [-0.4, -0.2) is 41.7 Å². The molecule has 1 aromatic carbocycles. The molecule has 1 heterocycles. The van der Waals surface area contributed by atoms with Gasteiger partial charge >= 0.3 is 140 Å². The monoisotopic (exact) mass is 387 g/mol. The number of hydrogen-bond donors (Lipinski definition) is 0. The zero-order chi connectivity index (χ0) is 17.0. The van der Waals surface area contributed by atoms with Gasteiger partial charge in [-0.2, -0.15) is 0 Å². The number of benzene rings is 1. The summed E-state index contributed by atoms with van der Waals surface area (Å²) in [5.74, 6) is -0.540. The van der Waals surface area contributed by atoms with Crippen LogP contribution in [0.1, 0.15) is 32.8 Å². The zero-order valence-electron chi connectivity index (χ0n) is 13.5. The number of esters is 1. The number of carbonyl (C=O) groups excluding carboxylic acids is 2. The van der Waals surface area contributed by atoms with Crippen LogP contribution in [0.4, 0.5) is 4.79 Å². The van der Waals surface area contributed by atoms with Gasteiger partial charge in [0.05, 0.1) is 0 Å². The van der Waals surface area contributed by atoms with E-state index >= 15 is 0 Å². The molecule has 0 N–H and O–H groups in total. The van der Waals surface area contributed by atoms with Crippen LogP contribution in [0.3, 0.4) is 0 Å². The van der Waals surface area contributed by atoms with Crippen molar-refractivity contribution >= 4 is 26.1 Å². The third kappa shape index (κ3) is 4.88. The first-order valence-electron chi connectivity index (χ1n) is 7.39. The Kier molecular flexibility index (Phi) is 5.55. The summed E-state index contributed by atoms with van der Waals surface area (Å²) in [6.45, 7) is 5.30. The third-order valence-electron chi connectivity index (χ3n) is 3.14. The SMILES string of the molecule is CC(C)(C)OC(=O)N1[C@H](C(=O)OCc2ccccc2)CC[Se]1=O. The van der Waals surface area contributed by atoms with Gasteiger partial charge in [0.15, 0.2) is 0 Å². The van der Waals surface area contributed by atoms with Gasteiger partial charge in [-0.3, -0.25) is 0 Å². The number of nitrogens with zero attached hydrogens (tertiary/aromatic N) is 1. The fourth-order valence-electron chi connectivity index (χ4n) is 2.13. The molecule has 0 aromatic heterocycles. The standard InChI is InChI=1S/C16H21NO5Se/c1-16(2,3)22-15(19)17-13(9-10-23(17)20)14(18)21-11-12-7-5-4-6-8-12/h4-8,13H,9-11H2,1-3H3/t13-,23?/m0/s1. The molecule has 0 aliphatic carbocycles. The van der Waals surface area contributed by atoms with Crippen molar-refractivity contribution in [3.05, 3.63) is 35.9 Å². The maximum atomic E-state index is 12.3. The van der Waals surface area contributed by atoms with E-state index < -0.39 is 37.8 Å². The fourth-order valence-corrected chi connectivity index (χ4v) is 4.85. The molecule has 2 atom stereocenters. The average molecular weight is 386 g/mol. The van der Waals surface area contributed by atoms with Crippen LogP contribution < -0.4 is 0 Å². The van der Waals surface area contributed by atoms with Crippen LogP contribution in [-0.2, 0) is 24.7 Å². The second kappa shape index (κ2) is 7.23. The third-order valence-corrected chi connectivity index (χ3v) is 6.13. The summed E-state index contributed by atoms with van der Waals surface area (Å²) in [5, 5.41) is 0.338. The predicted molar refractivity (Wildman–Crippen MR) is 84.0 cm³/mol. The molecule has 1 aromatic rings. The first-order chi connectivity index (χ1) is 10.8. The van der Waals surface area contributed by atoms with Crippen molar-refractivity contribution in [2.75, 3.05) is 0 Å². The number of ether oxygens (including phenoxy) is 2. The average Bonchev–Trinajstić information content (AvgIpc) is 2.86. The predicted octanol–water partition coefficient (Wildman–Crippen LogP) is 2.66. The molecule has 126 valence electrons. The van der Waals surface area contributed by atoms with Crippen LogP contribution in [0.5, 0.6) is 0 Å². The molecule has 1 amide bonds. The van der Waals surface area contributed by atoms with Gasteiger partial charge in [-0.05, 0) is 0 Å². The molecule has 0 bridgehead atoms. The molecule has 1 saturated heterocycles. The summed E-state index contributed by atoms with van der Waals surface area (Å²) in [4.78, 5) is 24.4. The Bertz CT molecular complexity index is 596. The van der Waals surface area contributed by atoms with Gasteiger partial charge < -0.3 is 0 Å². The number of carbonyl (C=O) groups is 2. The van der Waals surface area contributed by atoms with Crippen molar-refractivity contribution in [2.24, 2.45) is 0 Å². The maximum absolute atomic E-state index is 12.3. The van der Waals surface area contributed by atoms with Crippen molar-refractivity contribution in [3.63, 3.8) is 0 Å². The van der Waals surface area contributed by atoms with Crippen LogP contribution in [0.15, 0.2) is 30.3 Å². The summed E-state index contributed by atoms with van der Waals surface area (Å²) >= 11 is -2.57. The van der Waals surface area contributed by atoms with E-state index in [9.17, 15) is 13.4 Å². The van der Waals surface area contributed by atoms with Gasteiger partial charge in [-0.25, -0.2) is 0 Å². The summed E-state index contributed by atoms with van der Waals surface area (Å²) < 4.78 is 23.7. The molecule has 23 heavy (non-hydrogen) atoms. The Morgan fingerprint density at radius 3 is 2.52 bits per heavy atom. The summed E-state index contributed by atoms with van der Waals surface area (Å²) in [6, 6.07) is 8.45. The van der Waals surface area contributed by atoms with Gasteiger partial charge in [-0.15, -0.1) is 0 Å². The minimum atomic E-state index is -2.57. The fraction of sp³-hybridized carbons (Fsp3) is 0.500. The summed E-state index contributed by atoms with van der Waals surface area (Å²) in [5.41, 5.74) is 0.154. The molecule has 1 aliphatic rings.